The van der Waals surface area contributed by atoms with Crippen LogP contribution in [0.2, 0.25) is 0 Å². The predicted octanol–water partition coefficient (Wildman–Crippen LogP) is 1.92. The van der Waals surface area contributed by atoms with Gasteiger partial charge in [0.25, 0.3) is 0 Å². The van der Waals surface area contributed by atoms with Crippen molar-refractivity contribution in [1.82, 2.24) is 0 Å². The molecule has 1 rings (SSSR count). The first kappa shape index (κ1) is 12.2. The molecule has 0 heterocycles. The Morgan fingerprint density at radius 3 is 2.47 bits per heavy atom. The van der Waals surface area contributed by atoms with Gasteiger partial charge in [-0.15, -0.1) is 0 Å². The predicted molar refractivity (Wildman–Crippen MR) is 55.9 cm³/mol. The molecule has 0 aliphatic carbocycles. The molecule has 5 heteroatoms. The fraction of sp³-hybridized carbons (Fsp3) is 0.400. The zero-order chi connectivity index (χ0) is 11.3. The average molecular weight is 229 g/mol. The molecule has 0 bridgehead atoms. The summed E-state index contributed by atoms with van der Waals surface area (Å²) in [5, 5.41) is 0. The fourth-order valence-electron chi connectivity index (χ4n) is 1.03. The Hall–Kier alpha value is -0.910. The number of aryl methyl sites for hydroxylation is 1. The summed E-state index contributed by atoms with van der Waals surface area (Å²) in [6.07, 6.45) is -0.298. The summed E-state index contributed by atoms with van der Waals surface area (Å²) in [6, 6.07) is 7.32. The Balaban J connectivity index is 2.58. The van der Waals surface area contributed by atoms with E-state index in [-0.39, 0.29) is 0 Å². The Kier molecular flexibility index (Phi) is 4.74. The Bertz CT molecular complexity index is 323. The summed E-state index contributed by atoms with van der Waals surface area (Å²) in [5.41, 5.74) is 1.11. The van der Waals surface area contributed by atoms with Crippen molar-refractivity contribution in [3.8, 4) is 5.75 Å². The van der Waals surface area contributed by atoms with Crippen molar-refractivity contribution in [1.29, 1.82) is 0 Å². The van der Waals surface area contributed by atoms with Crippen LogP contribution in [0.15, 0.2) is 24.3 Å². The van der Waals surface area contributed by atoms with Gasteiger partial charge >= 0.3 is 0 Å². The molecule has 0 N–H and O–H groups in total. The van der Waals surface area contributed by atoms with Crippen LogP contribution in [0, 0.1) is 6.92 Å². The van der Waals surface area contributed by atoms with E-state index in [2.05, 4.69) is 4.18 Å². The molecular weight excluding hydrogens is 216 g/mol. The third-order valence-corrected chi connectivity index (χ3v) is 2.18. The molecule has 4 nitrogen and oxygen atoms in total. The normalized spacial score (nSPS) is 14.6. The van der Waals surface area contributed by atoms with Crippen molar-refractivity contribution < 1.29 is 17.7 Å². The highest BCUT2D eigenvalue weighted by Crippen LogP contribution is 2.15. The summed E-state index contributed by atoms with van der Waals surface area (Å²) in [5.74, 6) is 0.595. The van der Waals surface area contributed by atoms with Crippen LogP contribution in [0.25, 0.3) is 0 Å². The second kappa shape index (κ2) is 5.85. The molecule has 0 saturated heterocycles. The van der Waals surface area contributed by atoms with Gasteiger partial charge in [0, 0.05) is 6.42 Å². The van der Waals surface area contributed by atoms with E-state index >= 15 is 0 Å². The molecule has 1 aromatic carbocycles. The highest BCUT2D eigenvalue weighted by molar-refractivity contribution is 7.74. The maximum Gasteiger partial charge on any atom is 0.213 e. The number of hydrogen-bond donors (Lipinski definition) is 0. The Morgan fingerprint density at radius 2 is 2.00 bits per heavy atom. The van der Waals surface area contributed by atoms with E-state index in [9.17, 15) is 8.76 Å². The summed E-state index contributed by atoms with van der Waals surface area (Å²) in [7, 11) is 0. The van der Waals surface area contributed by atoms with Crippen LogP contribution in [0.5, 0.6) is 5.75 Å². The lowest BCUT2D eigenvalue weighted by atomic mass is 10.2. The topological polar surface area (TPSA) is 58.6 Å². The van der Waals surface area contributed by atoms with E-state index in [0.717, 1.165) is 5.56 Å². The average Bonchev–Trinajstić information content (AvgIpc) is 2.19. The lowest BCUT2D eigenvalue weighted by molar-refractivity contribution is 0.00688. The van der Waals surface area contributed by atoms with Gasteiger partial charge in [0.05, 0.1) is 11.4 Å². The lowest BCUT2D eigenvalue weighted by Gasteiger charge is -2.18. The van der Waals surface area contributed by atoms with E-state index in [1.54, 1.807) is 19.1 Å². The van der Waals surface area contributed by atoms with Gasteiger partial charge in [-0.05, 0) is 19.1 Å². The Labute approximate surface area is 91.7 Å². The first-order valence-electron chi connectivity index (χ1n) is 4.61. The van der Waals surface area contributed by atoms with E-state index in [4.69, 9.17) is 4.74 Å². The van der Waals surface area contributed by atoms with E-state index < -0.39 is 17.7 Å². The molecule has 0 radical (unpaired) electrons. The fourth-order valence-corrected chi connectivity index (χ4v) is 1.38. The molecule has 0 aliphatic rings. The number of benzene rings is 1. The number of ether oxygens (including phenoxy) is 1. The summed E-state index contributed by atoms with van der Waals surface area (Å²) >= 11 is -2.55. The molecule has 2 unspecified atom stereocenters. The SMILES string of the molecule is CCC(Oc1ccc(C)cc1)OS(=O)[O-]. The van der Waals surface area contributed by atoms with Gasteiger partial charge < -0.3 is 9.29 Å². The van der Waals surface area contributed by atoms with Crippen LogP contribution < -0.4 is 4.74 Å². The van der Waals surface area contributed by atoms with Crippen LogP contribution in [0.3, 0.4) is 0 Å². The first-order chi connectivity index (χ1) is 7.11. The number of hydrogen-bond acceptors (Lipinski definition) is 4. The maximum atomic E-state index is 10.3. The molecule has 0 saturated carbocycles. The first-order valence-corrected chi connectivity index (χ1v) is 5.61. The van der Waals surface area contributed by atoms with Gasteiger partial charge in [-0.1, -0.05) is 24.6 Å². The van der Waals surface area contributed by atoms with Gasteiger partial charge in [-0.25, -0.2) is 4.21 Å². The molecule has 84 valence electrons. The molecule has 0 amide bonds. The van der Waals surface area contributed by atoms with Gasteiger partial charge in [0.2, 0.25) is 6.29 Å². The molecule has 2 atom stereocenters. The van der Waals surface area contributed by atoms with E-state index in [1.165, 1.54) is 0 Å². The molecule has 0 fully saturated rings. The van der Waals surface area contributed by atoms with Crippen molar-refractivity contribution in [2.24, 2.45) is 0 Å². The van der Waals surface area contributed by atoms with Crippen LogP contribution in [-0.2, 0) is 15.5 Å². The van der Waals surface area contributed by atoms with Gasteiger partial charge in [-0.2, -0.15) is 0 Å². The Morgan fingerprint density at radius 1 is 1.40 bits per heavy atom. The second-order valence-corrected chi connectivity index (χ2v) is 3.67. The molecular formula is C10H13O4S-. The molecule has 0 aromatic heterocycles. The highest BCUT2D eigenvalue weighted by Gasteiger charge is 2.08. The van der Waals surface area contributed by atoms with Crippen LogP contribution in [0.1, 0.15) is 18.9 Å². The standard InChI is InChI=1S/C10H14O4S/c1-3-10(14-15(11)12)13-9-6-4-8(2)5-7-9/h4-7,10H,3H2,1-2H3,(H,11,12)/p-1. The highest BCUT2D eigenvalue weighted by atomic mass is 32.2. The molecule has 0 aliphatic heterocycles. The van der Waals surface area contributed by atoms with E-state index in [1.807, 2.05) is 19.1 Å². The van der Waals surface area contributed by atoms with Crippen molar-refractivity contribution in [3.63, 3.8) is 0 Å². The minimum atomic E-state index is -2.55. The van der Waals surface area contributed by atoms with Crippen molar-refractivity contribution in [3.05, 3.63) is 29.8 Å². The van der Waals surface area contributed by atoms with Crippen LogP contribution in [-0.4, -0.2) is 15.1 Å². The summed E-state index contributed by atoms with van der Waals surface area (Å²) in [4.78, 5) is 0. The maximum absolute atomic E-state index is 10.3. The lowest BCUT2D eigenvalue weighted by Crippen LogP contribution is -2.20. The third kappa shape index (κ3) is 4.42. The van der Waals surface area contributed by atoms with Gasteiger partial charge in [0.15, 0.2) is 0 Å². The molecule has 15 heavy (non-hydrogen) atoms. The molecule has 0 spiro atoms. The zero-order valence-corrected chi connectivity index (χ0v) is 9.45. The van der Waals surface area contributed by atoms with Crippen LogP contribution >= 0.6 is 0 Å². The van der Waals surface area contributed by atoms with Crippen molar-refractivity contribution in [2.45, 2.75) is 26.6 Å². The molecule has 1 aromatic rings. The zero-order valence-electron chi connectivity index (χ0n) is 8.64. The monoisotopic (exact) mass is 229 g/mol. The third-order valence-electron chi connectivity index (χ3n) is 1.81. The summed E-state index contributed by atoms with van der Waals surface area (Å²) < 4.78 is 30.5. The van der Waals surface area contributed by atoms with Gasteiger partial charge in [0.1, 0.15) is 5.75 Å². The van der Waals surface area contributed by atoms with Crippen molar-refractivity contribution >= 4 is 11.4 Å². The smallest absolute Gasteiger partial charge is 0.213 e. The van der Waals surface area contributed by atoms with E-state index in [0.29, 0.717) is 12.2 Å². The van der Waals surface area contributed by atoms with Crippen molar-refractivity contribution in [2.75, 3.05) is 0 Å². The summed E-state index contributed by atoms with van der Waals surface area (Å²) in [6.45, 7) is 3.75. The minimum Gasteiger partial charge on any atom is -0.750 e. The van der Waals surface area contributed by atoms with Gasteiger partial charge in [-0.3, -0.25) is 4.18 Å². The largest absolute Gasteiger partial charge is 0.750 e. The minimum absolute atomic E-state index is 0.460. The van der Waals surface area contributed by atoms with Crippen LogP contribution in [0.4, 0.5) is 0 Å². The second-order valence-electron chi connectivity index (χ2n) is 3.07. The quantitative estimate of drug-likeness (QED) is 0.571. The number of rotatable bonds is 5.